The molecule has 2 aromatic rings. The zero-order valence-corrected chi connectivity index (χ0v) is 22.0. The highest BCUT2D eigenvalue weighted by atomic mass is 32.2. The molecule has 0 saturated carbocycles. The Balaban J connectivity index is 1.39. The number of amides is 1. The van der Waals surface area contributed by atoms with Crippen LogP contribution < -0.4 is 5.32 Å². The molecule has 0 atom stereocenters. The number of hydrogen-bond donors (Lipinski definition) is 1. The topological polar surface area (TPSA) is 96.0 Å². The van der Waals surface area contributed by atoms with E-state index in [-0.39, 0.29) is 17.3 Å². The quantitative estimate of drug-likeness (QED) is 0.588. The number of aryl methyl sites for hydroxylation is 2. The SMILES string of the molecule is COC(=O)c1c(NC(=O)CN2CCN(S(=O)(=O)c3ccc(C)cc3)CC2)sc2c1CCCCCC2. The Labute approximate surface area is 211 Å². The van der Waals surface area contributed by atoms with Crippen molar-refractivity contribution >= 4 is 38.2 Å². The minimum Gasteiger partial charge on any atom is -0.465 e. The molecule has 1 saturated heterocycles. The number of methoxy groups -OCH3 is 1. The Kier molecular flexibility index (Phi) is 8.26. The number of esters is 1. The molecule has 1 aromatic carbocycles. The van der Waals surface area contributed by atoms with Crippen molar-refractivity contribution in [3.05, 3.63) is 45.8 Å². The second-order valence-electron chi connectivity index (χ2n) is 9.16. The second kappa shape index (κ2) is 11.2. The molecule has 0 spiro atoms. The van der Waals surface area contributed by atoms with Gasteiger partial charge >= 0.3 is 5.97 Å². The summed E-state index contributed by atoms with van der Waals surface area (Å²) in [6.07, 6.45) is 6.16. The average Bonchev–Trinajstić information content (AvgIpc) is 3.14. The largest absolute Gasteiger partial charge is 0.465 e. The van der Waals surface area contributed by atoms with Crippen molar-refractivity contribution in [3.63, 3.8) is 0 Å². The Bertz CT molecular complexity index is 1170. The van der Waals surface area contributed by atoms with Gasteiger partial charge in [-0.05, 0) is 50.3 Å². The number of carbonyl (C=O) groups excluding carboxylic acids is 2. The van der Waals surface area contributed by atoms with Gasteiger partial charge in [-0.1, -0.05) is 30.5 Å². The van der Waals surface area contributed by atoms with Crippen molar-refractivity contribution in [1.29, 1.82) is 0 Å². The van der Waals surface area contributed by atoms with Crippen LogP contribution in [0.2, 0.25) is 0 Å². The summed E-state index contributed by atoms with van der Waals surface area (Å²) in [4.78, 5) is 28.9. The van der Waals surface area contributed by atoms with Crippen LogP contribution in [0.5, 0.6) is 0 Å². The maximum absolute atomic E-state index is 12.9. The van der Waals surface area contributed by atoms with E-state index in [4.69, 9.17) is 4.74 Å². The van der Waals surface area contributed by atoms with E-state index >= 15 is 0 Å². The normalized spacial score (nSPS) is 17.8. The van der Waals surface area contributed by atoms with E-state index in [1.54, 1.807) is 24.3 Å². The molecule has 10 heteroatoms. The predicted molar refractivity (Wildman–Crippen MR) is 137 cm³/mol. The summed E-state index contributed by atoms with van der Waals surface area (Å²) in [5, 5.41) is 3.51. The molecule has 4 rings (SSSR count). The van der Waals surface area contributed by atoms with E-state index in [1.807, 2.05) is 11.8 Å². The number of thiophene rings is 1. The Morgan fingerprint density at radius 2 is 1.66 bits per heavy atom. The first-order chi connectivity index (χ1) is 16.8. The molecular formula is C25H33N3O5S2. The van der Waals surface area contributed by atoms with Gasteiger partial charge in [0.25, 0.3) is 0 Å². The van der Waals surface area contributed by atoms with Crippen LogP contribution in [0.1, 0.15) is 52.0 Å². The summed E-state index contributed by atoms with van der Waals surface area (Å²) in [6, 6.07) is 6.85. The standard InChI is InChI=1S/C25H33N3O5S2/c1-18-9-11-19(12-10-18)35(31,32)28-15-13-27(14-16-28)17-22(29)26-24-23(25(30)33-2)20-7-5-3-4-6-8-21(20)34-24/h9-12H,3-8,13-17H2,1-2H3,(H,26,29). The first kappa shape index (κ1) is 25.8. The summed E-state index contributed by atoms with van der Waals surface area (Å²) in [6.45, 7) is 3.63. The van der Waals surface area contributed by atoms with Crippen LogP contribution in [0.25, 0.3) is 0 Å². The molecule has 190 valence electrons. The third-order valence-electron chi connectivity index (χ3n) is 6.67. The molecular weight excluding hydrogens is 486 g/mol. The zero-order valence-electron chi connectivity index (χ0n) is 20.3. The number of carbonyl (C=O) groups is 2. The third-order valence-corrected chi connectivity index (χ3v) is 9.79. The fourth-order valence-electron chi connectivity index (χ4n) is 4.68. The van der Waals surface area contributed by atoms with Crippen LogP contribution in [0.3, 0.4) is 0 Å². The van der Waals surface area contributed by atoms with Gasteiger partial charge in [0.05, 0.1) is 24.1 Å². The lowest BCUT2D eigenvalue weighted by molar-refractivity contribution is -0.117. The van der Waals surface area contributed by atoms with E-state index in [1.165, 1.54) is 29.2 Å². The maximum atomic E-state index is 12.9. The van der Waals surface area contributed by atoms with Crippen molar-refractivity contribution in [3.8, 4) is 0 Å². The molecule has 1 aliphatic carbocycles. The molecule has 35 heavy (non-hydrogen) atoms. The number of ether oxygens (including phenoxy) is 1. The molecule has 2 aliphatic rings. The molecule has 1 N–H and O–H groups in total. The highest BCUT2D eigenvalue weighted by Crippen LogP contribution is 2.37. The molecule has 1 fully saturated rings. The minimum atomic E-state index is -3.55. The lowest BCUT2D eigenvalue weighted by Gasteiger charge is -2.33. The number of fused-ring (bicyclic) bond motifs is 1. The molecule has 1 aliphatic heterocycles. The van der Waals surface area contributed by atoms with E-state index < -0.39 is 16.0 Å². The van der Waals surface area contributed by atoms with Crippen LogP contribution in [0.4, 0.5) is 5.00 Å². The van der Waals surface area contributed by atoms with E-state index in [9.17, 15) is 18.0 Å². The monoisotopic (exact) mass is 519 g/mol. The molecule has 0 radical (unpaired) electrons. The summed E-state index contributed by atoms with van der Waals surface area (Å²) in [5.74, 6) is -0.618. The zero-order chi connectivity index (χ0) is 25.0. The molecule has 1 amide bonds. The predicted octanol–water partition coefficient (Wildman–Crippen LogP) is 3.45. The number of piperazine rings is 1. The van der Waals surface area contributed by atoms with Gasteiger partial charge in [0.15, 0.2) is 0 Å². The first-order valence-corrected chi connectivity index (χ1v) is 14.4. The second-order valence-corrected chi connectivity index (χ2v) is 12.2. The number of nitrogens with one attached hydrogen (secondary N) is 1. The molecule has 1 aromatic heterocycles. The van der Waals surface area contributed by atoms with Gasteiger partial charge in [0, 0.05) is 31.1 Å². The first-order valence-electron chi connectivity index (χ1n) is 12.1. The van der Waals surface area contributed by atoms with Gasteiger partial charge in [-0.2, -0.15) is 4.31 Å². The van der Waals surface area contributed by atoms with Crippen LogP contribution in [-0.4, -0.2) is 69.3 Å². The summed E-state index contributed by atoms with van der Waals surface area (Å²) >= 11 is 1.48. The Morgan fingerprint density at radius 3 is 2.31 bits per heavy atom. The van der Waals surface area contributed by atoms with Crippen molar-refractivity contribution in [2.24, 2.45) is 0 Å². The number of nitrogens with zero attached hydrogens (tertiary/aromatic N) is 2. The van der Waals surface area contributed by atoms with E-state index in [0.717, 1.165) is 48.1 Å². The van der Waals surface area contributed by atoms with E-state index in [2.05, 4.69) is 5.32 Å². The average molecular weight is 520 g/mol. The maximum Gasteiger partial charge on any atom is 0.341 e. The molecule has 2 heterocycles. The van der Waals surface area contributed by atoms with E-state index in [0.29, 0.717) is 36.7 Å². The number of benzene rings is 1. The number of rotatable bonds is 6. The summed E-state index contributed by atoms with van der Waals surface area (Å²) < 4.78 is 32.4. The summed E-state index contributed by atoms with van der Waals surface area (Å²) in [7, 11) is -2.18. The summed E-state index contributed by atoms with van der Waals surface area (Å²) in [5.41, 5.74) is 2.52. The van der Waals surface area contributed by atoms with Crippen molar-refractivity contribution in [1.82, 2.24) is 9.21 Å². The Morgan fingerprint density at radius 1 is 1.00 bits per heavy atom. The fraction of sp³-hybridized carbons (Fsp3) is 0.520. The van der Waals surface area contributed by atoms with Gasteiger partial charge in [0.2, 0.25) is 15.9 Å². The smallest absolute Gasteiger partial charge is 0.341 e. The van der Waals surface area contributed by atoms with Crippen molar-refractivity contribution in [2.75, 3.05) is 45.2 Å². The van der Waals surface area contributed by atoms with Crippen LogP contribution >= 0.6 is 11.3 Å². The number of anilines is 1. The molecule has 0 bridgehead atoms. The highest BCUT2D eigenvalue weighted by molar-refractivity contribution is 7.89. The van der Waals surface area contributed by atoms with Crippen molar-refractivity contribution in [2.45, 2.75) is 50.3 Å². The van der Waals surface area contributed by atoms with Crippen LogP contribution in [-0.2, 0) is 32.4 Å². The Hall–Kier alpha value is -2.27. The number of sulfonamides is 1. The van der Waals surface area contributed by atoms with Crippen molar-refractivity contribution < 1.29 is 22.7 Å². The third kappa shape index (κ3) is 5.94. The van der Waals surface area contributed by atoms with Crippen LogP contribution in [0.15, 0.2) is 29.2 Å². The molecule has 8 nitrogen and oxygen atoms in total. The fourth-order valence-corrected chi connectivity index (χ4v) is 7.40. The van der Waals surface area contributed by atoms with Crippen LogP contribution in [0, 0.1) is 6.92 Å². The highest BCUT2D eigenvalue weighted by Gasteiger charge is 2.30. The number of hydrogen-bond acceptors (Lipinski definition) is 7. The minimum absolute atomic E-state index is 0.140. The van der Waals surface area contributed by atoms with Gasteiger partial charge in [-0.15, -0.1) is 11.3 Å². The lowest BCUT2D eigenvalue weighted by Crippen LogP contribution is -2.50. The van der Waals surface area contributed by atoms with Gasteiger partial charge in [-0.3, -0.25) is 9.69 Å². The van der Waals surface area contributed by atoms with Gasteiger partial charge < -0.3 is 10.1 Å². The lowest BCUT2D eigenvalue weighted by atomic mass is 9.96. The van der Waals surface area contributed by atoms with Gasteiger partial charge in [0.1, 0.15) is 5.00 Å². The van der Waals surface area contributed by atoms with Gasteiger partial charge in [-0.25, -0.2) is 13.2 Å². The molecule has 0 unspecified atom stereocenters.